The highest BCUT2D eigenvalue weighted by Crippen LogP contribution is 2.27. The van der Waals surface area contributed by atoms with Crippen molar-refractivity contribution in [3.8, 4) is 5.75 Å². The molecule has 1 aliphatic rings. The van der Waals surface area contributed by atoms with Gasteiger partial charge in [0, 0.05) is 18.1 Å². The van der Waals surface area contributed by atoms with Crippen LogP contribution in [0.25, 0.3) is 0 Å². The number of thiocarbonyl (C=S) groups is 1. The summed E-state index contributed by atoms with van der Waals surface area (Å²) < 4.78 is 5.38. The monoisotopic (exact) mass is 360 g/mol. The predicted molar refractivity (Wildman–Crippen MR) is 92.7 cm³/mol. The first-order valence-corrected chi connectivity index (χ1v) is 8.28. The van der Waals surface area contributed by atoms with Crippen molar-refractivity contribution in [2.24, 2.45) is 5.92 Å². The number of hydrogen-bond acceptors (Lipinski definition) is 3. The predicted octanol–water partition coefficient (Wildman–Crippen LogP) is 3.51. The Kier molecular flexibility index (Phi) is 6.29. The van der Waals surface area contributed by atoms with Gasteiger partial charge in [0.1, 0.15) is 5.75 Å². The van der Waals surface area contributed by atoms with E-state index in [1.165, 1.54) is 0 Å². The van der Waals surface area contributed by atoms with E-state index in [-0.39, 0.29) is 12.5 Å². The molecule has 0 atom stereocenters. The average Bonchev–Trinajstić information content (AvgIpc) is 2.47. The lowest BCUT2D eigenvalue weighted by atomic mass is 10.00. The van der Waals surface area contributed by atoms with E-state index in [0.29, 0.717) is 26.8 Å². The number of rotatable bonds is 3. The van der Waals surface area contributed by atoms with Gasteiger partial charge >= 0.3 is 0 Å². The smallest absolute Gasteiger partial charge is 0.264 e. The van der Waals surface area contributed by atoms with Crippen LogP contribution in [0.3, 0.4) is 0 Å². The number of piperidine rings is 1. The second-order valence-electron chi connectivity index (χ2n) is 5.39. The number of carbonyl (C=O) groups is 1. The van der Waals surface area contributed by atoms with Crippen LogP contribution >= 0.6 is 35.4 Å². The number of benzene rings is 1. The fraction of sp³-hybridized carbons (Fsp3) is 0.467. The van der Waals surface area contributed by atoms with Crippen molar-refractivity contribution in [3.05, 3.63) is 28.2 Å². The second kappa shape index (κ2) is 7.99. The molecule has 0 aliphatic carbocycles. The molecule has 0 unspecified atom stereocenters. The highest BCUT2D eigenvalue weighted by molar-refractivity contribution is 7.80. The quantitative estimate of drug-likeness (QED) is 0.837. The molecule has 1 aromatic rings. The Morgan fingerprint density at radius 1 is 1.41 bits per heavy atom. The summed E-state index contributed by atoms with van der Waals surface area (Å²) in [6.07, 6.45) is 2.18. The average molecular weight is 361 g/mol. The van der Waals surface area contributed by atoms with Gasteiger partial charge in [-0.3, -0.25) is 4.79 Å². The Morgan fingerprint density at radius 3 is 2.73 bits per heavy atom. The van der Waals surface area contributed by atoms with E-state index in [1.54, 1.807) is 18.2 Å². The van der Waals surface area contributed by atoms with Crippen LogP contribution in [0.5, 0.6) is 5.75 Å². The zero-order chi connectivity index (χ0) is 16.1. The molecule has 0 bridgehead atoms. The van der Waals surface area contributed by atoms with E-state index in [1.807, 2.05) is 4.90 Å². The van der Waals surface area contributed by atoms with Gasteiger partial charge in [0.15, 0.2) is 11.7 Å². The van der Waals surface area contributed by atoms with Crippen LogP contribution in [0.4, 0.5) is 0 Å². The normalized spacial score (nSPS) is 15.5. The third-order valence-electron chi connectivity index (χ3n) is 3.57. The topological polar surface area (TPSA) is 41.6 Å². The summed E-state index contributed by atoms with van der Waals surface area (Å²) in [5.41, 5.74) is 0. The van der Waals surface area contributed by atoms with Crippen molar-refractivity contribution in [2.45, 2.75) is 19.8 Å². The van der Waals surface area contributed by atoms with Gasteiger partial charge in [0.05, 0.1) is 5.02 Å². The summed E-state index contributed by atoms with van der Waals surface area (Å²) in [5, 5.41) is 4.04. The molecule has 0 aromatic heterocycles. The molecular weight excluding hydrogens is 343 g/mol. The van der Waals surface area contributed by atoms with E-state index < -0.39 is 0 Å². The van der Waals surface area contributed by atoms with Crippen LogP contribution in [0.15, 0.2) is 18.2 Å². The molecule has 0 spiro atoms. The summed E-state index contributed by atoms with van der Waals surface area (Å²) in [7, 11) is 0. The van der Waals surface area contributed by atoms with Crippen LogP contribution in [0.2, 0.25) is 10.0 Å². The summed E-state index contributed by atoms with van der Waals surface area (Å²) in [4.78, 5) is 13.9. The molecule has 1 N–H and O–H groups in total. The molecular formula is C15H18Cl2N2O2S. The number of halogens is 2. The maximum Gasteiger partial charge on any atom is 0.264 e. The summed E-state index contributed by atoms with van der Waals surface area (Å²) in [6, 6.07) is 4.85. The molecule has 1 aliphatic heterocycles. The molecule has 1 aromatic carbocycles. The number of ether oxygens (including phenoxy) is 1. The number of likely N-dealkylation sites (tertiary alicyclic amines) is 1. The zero-order valence-corrected chi connectivity index (χ0v) is 14.6. The van der Waals surface area contributed by atoms with E-state index >= 15 is 0 Å². The molecule has 1 fully saturated rings. The lowest BCUT2D eigenvalue weighted by Crippen LogP contribution is -2.47. The maximum atomic E-state index is 11.9. The van der Waals surface area contributed by atoms with Crippen molar-refractivity contribution in [1.29, 1.82) is 0 Å². The molecule has 1 amide bonds. The van der Waals surface area contributed by atoms with Gasteiger partial charge in [0.25, 0.3) is 5.91 Å². The van der Waals surface area contributed by atoms with E-state index in [4.69, 9.17) is 40.2 Å². The second-order valence-corrected chi connectivity index (χ2v) is 6.62. The minimum Gasteiger partial charge on any atom is -0.482 e. The van der Waals surface area contributed by atoms with E-state index in [0.717, 1.165) is 25.9 Å². The van der Waals surface area contributed by atoms with Gasteiger partial charge in [-0.15, -0.1) is 0 Å². The SMILES string of the molecule is CC1CCN(C(=S)NC(=O)COc2ccc(Cl)cc2Cl)CC1. The van der Waals surface area contributed by atoms with Crippen LogP contribution in [0, 0.1) is 5.92 Å². The van der Waals surface area contributed by atoms with Crippen molar-refractivity contribution >= 4 is 46.4 Å². The molecule has 0 radical (unpaired) electrons. The van der Waals surface area contributed by atoms with E-state index in [9.17, 15) is 4.79 Å². The standard InChI is InChI=1S/C15H18Cl2N2O2S/c1-10-4-6-19(7-5-10)15(22)18-14(20)9-21-13-3-2-11(16)8-12(13)17/h2-3,8,10H,4-7,9H2,1H3,(H,18,20,22). The molecule has 0 saturated carbocycles. The molecule has 1 saturated heterocycles. The lowest BCUT2D eigenvalue weighted by molar-refractivity contribution is -0.121. The largest absolute Gasteiger partial charge is 0.482 e. The van der Waals surface area contributed by atoms with Gasteiger partial charge in [-0.25, -0.2) is 0 Å². The minimum atomic E-state index is -0.297. The van der Waals surface area contributed by atoms with Gasteiger partial charge in [0.2, 0.25) is 0 Å². The fourth-order valence-corrected chi connectivity index (χ4v) is 2.94. The Labute approximate surface area is 145 Å². The fourth-order valence-electron chi connectivity index (χ4n) is 2.18. The number of hydrogen-bond donors (Lipinski definition) is 1. The highest BCUT2D eigenvalue weighted by atomic mass is 35.5. The molecule has 22 heavy (non-hydrogen) atoms. The van der Waals surface area contributed by atoms with Gasteiger partial charge in [-0.2, -0.15) is 0 Å². The lowest BCUT2D eigenvalue weighted by Gasteiger charge is -2.32. The van der Waals surface area contributed by atoms with Crippen LogP contribution in [0.1, 0.15) is 19.8 Å². The number of amides is 1. The third-order valence-corrected chi connectivity index (χ3v) is 4.46. The van der Waals surface area contributed by atoms with Crippen LogP contribution in [-0.2, 0) is 4.79 Å². The highest BCUT2D eigenvalue weighted by Gasteiger charge is 2.19. The molecule has 120 valence electrons. The van der Waals surface area contributed by atoms with Gasteiger partial charge < -0.3 is 15.0 Å². The Hall–Kier alpha value is -1.04. The third kappa shape index (κ3) is 5.00. The minimum absolute atomic E-state index is 0.147. The van der Waals surface area contributed by atoms with Crippen LogP contribution < -0.4 is 10.1 Å². The van der Waals surface area contributed by atoms with Crippen molar-refractivity contribution in [2.75, 3.05) is 19.7 Å². The molecule has 4 nitrogen and oxygen atoms in total. The molecule has 7 heteroatoms. The van der Waals surface area contributed by atoms with Gasteiger partial charge in [-0.1, -0.05) is 30.1 Å². The maximum absolute atomic E-state index is 11.9. The Morgan fingerprint density at radius 2 is 2.09 bits per heavy atom. The Balaban J connectivity index is 1.79. The molecule has 2 rings (SSSR count). The first-order valence-electron chi connectivity index (χ1n) is 7.12. The van der Waals surface area contributed by atoms with Crippen molar-refractivity contribution in [3.63, 3.8) is 0 Å². The first-order chi connectivity index (χ1) is 10.5. The zero-order valence-electron chi connectivity index (χ0n) is 12.3. The molecule has 1 heterocycles. The number of carbonyl (C=O) groups excluding carboxylic acids is 1. The van der Waals surface area contributed by atoms with Crippen molar-refractivity contribution < 1.29 is 9.53 Å². The first kappa shape index (κ1) is 17.3. The van der Waals surface area contributed by atoms with Gasteiger partial charge in [-0.05, 0) is 49.2 Å². The van der Waals surface area contributed by atoms with E-state index in [2.05, 4.69) is 12.2 Å². The number of nitrogens with zero attached hydrogens (tertiary/aromatic N) is 1. The number of nitrogens with one attached hydrogen (secondary N) is 1. The summed E-state index contributed by atoms with van der Waals surface area (Å²) in [6.45, 7) is 3.84. The summed E-state index contributed by atoms with van der Waals surface area (Å²) in [5.74, 6) is 0.832. The summed E-state index contributed by atoms with van der Waals surface area (Å²) >= 11 is 17.0. The van der Waals surface area contributed by atoms with Crippen molar-refractivity contribution in [1.82, 2.24) is 10.2 Å². The van der Waals surface area contributed by atoms with Crippen LogP contribution in [-0.4, -0.2) is 35.6 Å². The Bertz CT molecular complexity index is 560.